The summed E-state index contributed by atoms with van der Waals surface area (Å²) in [5, 5.41) is 4.48. The molecule has 0 amide bonds. The van der Waals surface area contributed by atoms with Crippen molar-refractivity contribution >= 4 is 35.0 Å². The number of halogens is 1. The molecule has 0 unspecified atom stereocenters. The third-order valence-corrected chi connectivity index (χ3v) is 5.14. The molecule has 0 aliphatic carbocycles. The summed E-state index contributed by atoms with van der Waals surface area (Å²) < 4.78 is 1.12. The summed E-state index contributed by atoms with van der Waals surface area (Å²) in [7, 11) is 0.638. The summed E-state index contributed by atoms with van der Waals surface area (Å²) >= 11 is 3.59. The van der Waals surface area contributed by atoms with Crippen LogP contribution < -0.4 is 10.5 Å². The largest absolute Gasteiger partial charge is 0.372 e. The van der Waals surface area contributed by atoms with E-state index in [0.717, 1.165) is 10.3 Å². The predicted octanol–water partition coefficient (Wildman–Crippen LogP) is 2.43. The van der Waals surface area contributed by atoms with Crippen LogP contribution in [0.25, 0.3) is 0 Å². The van der Waals surface area contributed by atoms with Gasteiger partial charge in [0.2, 0.25) is 0 Å². The van der Waals surface area contributed by atoms with Gasteiger partial charge in [0.05, 0.1) is 12.5 Å². The monoisotopic (exact) mass is 258 g/mol. The number of aromatic nitrogens is 1. The number of rotatable bonds is 2. The highest BCUT2D eigenvalue weighted by atomic mass is 79.9. The first-order valence-corrected chi connectivity index (χ1v) is 8.59. The predicted molar refractivity (Wildman–Crippen MR) is 64.5 cm³/mol. The lowest BCUT2D eigenvalue weighted by Crippen LogP contribution is -2.38. The maximum Gasteiger partial charge on any atom is 0.139 e. The highest BCUT2D eigenvalue weighted by Crippen LogP contribution is 2.19. The second-order valence-corrected chi connectivity index (χ2v) is 9.85. The average Bonchev–Trinajstić information content (AvgIpc) is 2.02. The van der Waals surface area contributed by atoms with Gasteiger partial charge in [-0.15, -0.1) is 0 Å². The first-order valence-electron chi connectivity index (χ1n) is 4.29. The summed E-state index contributed by atoms with van der Waals surface area (Å²) in [6.07, 6.45) is 1.87. The molecule has 1 rings (SSSR count). The minimum atomic E-state index is -1.25. The Labute approximate surface area is 88.9 Å². The molecule has 0 fully saturated rings. The molecule has 0 radical (unpaired) electrons. The van der Waals surface area contributed by atoms with Gasteiger partial charge < -0.3 is 5.32 Å². The Morgan fingerprint density at radius 2 is 2.00 bits per heavy atom. The summed E-state index contributed by atoms with van der Waals surface area (Å²) in [6.45, 7) is 6.98. The third-order valence-electron chi connectivity index (χ3n) is 1.93. The fourth-order valence-electron chi connectivity index (χ4n) is 1.20. The molecular weight excluding hydrogens is 244 g/mol. The lowest BCUT2D eigenvalue weighted by molar-refractivity contribution is 1.28. The molecule has 0 saturated heterocycles. The van der Waals surface area contributed by atoms with Crippen LogP contribution in [0.3, 0.4) is 0 Å². The Kier molecular flexibility index (Phi) is 3.13. The van der Waals surface area contributed by atoms with Gasteiger partial charge in [-0.1, -0.05) is 19.6 Å². The average molecular weight is 259 g/mol. The Bertz CT molecular complexity index is 307. The van der Waals surface area contributed by atoms with Crippen LogP contribution in [0.5, 0.6) is 0 Å². The van der Waals surface area contributed by atoms with Gasteiger partial charge in [0.15, 0.2) is 0 Å². The number of nitrogens with one attached hydrogen (secondary N) is 1. The molecule has 1 aromatic heterocycles. The van der Waals surface area contributed by atoms with Crippen LogP contribution in [0.4, 0.5) is 5.82 Å². The minimum absolute atomic E-state index is 0.930. The van der Waals surface area contributed by atoms with E-state index in [1.165, 1.54) is 5.19 Å². The lowest BCUT2D eigenvalue weighted by Gasteiger charge is -2.19. The minimum Gasteiger partial charge on any atom is -0.372 e. The topological polar surface area (TPSA) is 24.9 Å². The zero-order valence-corrected chi connectivity index (χ0v) is 11.1. The summed E-state index contributed by atoms with van der Waals surface area (Å²) in [6, 6.07) is 2.11. The Balaban J connectivity index is 3.24. The number of pyridine rings is 1. The van der Waals surface area contributed by atoms with Gasteiger partial charge in [-0.3, -0.25) is 0 Å². The van der Waals surface area contributed by atoms with Gasteiger partial charge in [0.1, 0.15) is 5.82 Å². The van der Waals surface area contributed by atoms with Crippen molar-refractivity contribution < 1.29 is 0 Å². The van der Waals surface area contributed by atoms with Crippen molar-refractivity contribution in [2.24, 2.45) is 0 Å². The van der Waals surface area contributed by atoms with E-state index in [2.05, 4.69) is 51.9 Å². The quantitative estimate of drug-likeness (QED) is 0.825. The zero-order valence-electron chi connectivity index (χ0n) is 8.48. The molecule has 0 atom stereocenters. The third kappa shape index (κ3) is 2.31. The van der Waals surface area contributed by atoms with Crippen molar-refractivity contribution in [2.45, 2.75) is 19.6 Å². The number of anilines is 1. The molecule has 0 aliphatic heterocycles. The summed E-state index contributed by atoms with van der Waals surface area (Å²) in [5.41, 5.74) is 0. The Morgan fingerprint density at radius 1 is 1.38 bits per heavy atom. The first-order chi connectivity index (χ1) is 5.96. The van der Waals surface area contributed by atoms with E-state index in [-0.39, 0.29) is 0 Å². The van der Waals surface area contributed by atoms with E-state index in [1.54, 1.807) is 0 Å². The van der Waals surface area contributed by atoms with Crippen molar-refractivity contribution in [3.05, 3.63) is 16.7 Å². The van der Waals surface area contributed by atoms with E-state index >= 15 is 0 Å². The highest BCUT2D eigenvalue weighted by Gasteiger charge is 2.20. The van der Waals surface area contributed by atoms with E-state index < -0.39 is 8.07 Å². The maximum absolute atomic E-state index is 4.24. The van der Waals surface area contributed by atoms with Gasteiger partial charge >= 0.3 is 0 Å². The molecule has 0 saturated carbocycles. The van der Waals surface area contributed by atoms with Crippen LogP contribution in [-0.4, -0.2) is 20.1 Å². The van der Waals surface area contributed by atoms with Crippen LogP contribution in [0.15, 0.2) is 16.7 Å². The number of hydrogen-bond acceptors (Lipinski definition) is 2. The lowest BCUT2D eigenvalue weighted by atomic mass is 10.4. The van der Waals surface area contributed by atoms with Gasteiger partial charge in [-0.25, -0.2) is 4.98 Å². The van der Waals surface area contributed by atoms with Crippen LogP contribution in [0, 0.1) is 0 Å². The number of nitrogens with zero attached hydrogens (tertiary/aromatic N) is 1. The molecule has 1 aromatic rings. The normalized spacial score (nSPS) is 11.5. The van der Waals surface area contributed by atoms with E-state index in [1.807, 2.05) is 13.2 Å². The van der Waals surface area contributed by atoms with Crippen LogP contribution in [0.2, 0.25) is 19.6 Å². The van der Waals surface area contributed by atoms with Crippen molar-refractivity contribution in [3.63, 3.8) is 0 Å². The summed E-state index contributed by atoms with van der Waals surface area (Å²) in [5.74, 6) is 0.930. The fraction of sp³-hybridized carbons (Fsp3) is 0.444. The second kappa shape index (κ2) is 3.80. The molecule has 13 heavy (non-hydrogen) atoms. The molecule has 72 valence electrons. The maximum atomic E-state index is 4.24. The van der Waals surface area contributed by atoms with E-state index in [9.17, 15) is 0 Å². The molecule has 1 heterocycles. The molecule has 0 aromatic carbocycles. The van der Waals surface area contributed by atoms with E-state index in [0.29, 0.717) is 0 Å². The molecule has 2 nitrogen and oxygen atoms in total. The van der Waals surface area contributed by atoms with Crippen LogP contribution >= 0.6 is 15.9 Å². The number of hydrogen-bond donors (Lipinski definition) is 1. The van der Waals surface area contributed by atoms with Crippen LogP contribution in [-0.2, 0) is 0 Å². The Hall–Kier alpha value is -0.353. The van der Waals surface area contributed by atoms with Gasteiger partial charge in [-0.2, -0.15) is 0 Å². The highest BCUT2D eigenvalue weighted by molar-refractivity contribution is 9.10. The molecule has 0 bridgehead atoms. The van der Waals surface area contributed by atoms with Gasteiger partial charge in [-0.05, 0) is 27.2 Å². The fourth-order valence-corrected chi connectivity index (χ4v) is 4.77. The van der Waals surface area contributed by atoms with Crippen molar-refractivity contribution in [1.29, 1.82) is 0 Å². The standard InChI is InChI=1S/C9H15BrN2Si/c1-11-9-8(10)7(5-6-12-9)13(2,3)4/h5-6H,1-4H3,(H,11,12). The van der Waals surface area contributed by atoms with E-state index in [4.69, 9.17) is 0 Å². The van der Waals surface area contributed by atoms with Crippen LogP contribution in [0.1, 0.15) is 0 Å². The van der Waals surface area contributed by atoms with Crippen molar-refractivity contribution in [3.8, 4) is 0 Å². The Morgan fingerprint density at radius 3 is 2.46 bits per heavy atom. The smallest absolute Gasteiger partial charge is 0.139 e. The zero-order chi connectivity index (χ0) is 10.1. The summed E-state index contributed by atoms with van der Waals surface area (Å²) in [4.78, 5) is 4.24. The molecular formula is C9H15BrN2Si. The second-order valence-electron chi connectivity index (χ2n) is 4.02. The van der Waals surface area contributed by atoms with Gasteiger partial charge in [0, 0.05) is 13.2 Å². The van der Waals surface area contributed by atoms with Gasteiger partial charge in [0.25, 0.3) is 0 Å². The first kappa shape index (κ1) is 10.7. The molecule has 0 aliphatic rings. The molecule has 1 N–H and O–H groups in total. The molecule has 0 spiro atoms. The van der Waals surface area contributed by atoms with Crippen molar-refractivity contribution in [1.82, 2.24) is 4.98 Å². The van der Waals surface area contributed by atoms with Crippen molar-refractivity contribution in [2.75, 3.05) is 12.4 Å². The molecule has 4 heteroatoms. The SMILES string of the molecule is CNc1nccc([Si](C)(C)C)c1Br.